The van der Waals surface area contributed by atoms with E-state index < -0.39 is 0 Å². The van der Waals surface area contributed by atoms with Crippen molar-refractivity contribution in [3.63, 3.8) is 0 Å². The van der Waals surface area contributed by atoms with Crippen LogP contribution in [0.4, 0.5) is 10.5 Å². The molecule has 0 radical (unpaired) electrons. The van der Waals surface area contributed by atoms with Gasteiger partial charge < -0.3 is 20.4 Å². The van der Waals surface area contributed by atoms with Crippen LogP contribution in [-0.4, -0.2) is 47.4 Å². The lowest BCUT2D eigenvalue weighted by Crippen LogP contribution is -2.39. The summed E-state index contributed by atoms with van der Waals surface area (Å²) < 4.78 is 0. The minimum absolute atomic E-state index is 0.140. The largest absolute Gasteiger partial charge is 0.395 e. The quantitative estimate of drug-likeness (QED) is 0.733. The number of nitrogens with zero attached hydrogens (tertiary/aromatic N) is 1. The van der Waals surface area contributed by atoms with Crippen LogP contribution in [0, 0.1) is 0 Å². The molecule has 0 saturated carbocycles. The predicted molar refractivity (Wildman–Crippen MR) is 90.5 cm³/mol. The fraction of sp³-hybridized carbons (Fsp3) is 0.278. The van der Waals surface area contributed by atoms with E-state index in [4.69, 9.17) is 10.2 Å². The van der Waals surface area contributed by atoms with Crippen LogP contribution in [-0.2, 0) is 6.42 Å². The summed E-state index contributed by atoms with van der Waals surface area (Å²) in [5.41, 5.74) is 2.92. The number of para-hydroxylation sites is 1. The molecule has 2 aromatic rings. The molecule has 0 unspecified atom stereocenters. The van der Waals surface area contributed by atoms with Gasteiger partial charge in [-0.2, -0.15) is 0 Å². The predicted octanol–water partition coefficient (Wildman–Crippen LogP) is 2.10. The minimum Gasteiger partial charge on any atom is -0.395 e. The van der Waals surface area contributed by atoms with Crippen LogP contribution in [0.3, 0.4) is 0 Å². The monoisotopic (exact) mass is 314 g/mol. The Balaban J connectivity index is 2.12. The van der Waals surface area contributed by atoms with Crippen LogP contribution in [0.15, 0.2) is 54.6 Å². The number of benzene rings is 2. The number of anilines is 1. The summed E-state index contributed by atoms with van der Waals surface area (Å²) >= 11 is 0. The average molecular weight is 314 g/mol. The lowest BCUT2D eigenvalue weighted by molar-refractivity contribution is 0.167. The molecule has 3 N–H and O–H groups in total. The number of hydrogen-bond donors (Lipinski definition) is 3. The van der Waals surface area contributed by atoms with Crippen LogP contribution in [0.2, 0.25) is 0 Å². The van der Waals surface area contributed by atoms with E-state index in [1.54, 1.807) is 0 Å². The Morgan fingerprint density at radius 1 is 0.913 bits per heavy atom. The van der Waals surface area contributed by atoms with Crippen molar-refractivity contribution in [2.45, 2.75) is 6.42 Å². The number of carbonyl (C=O) groups excluding carboxylic acids is 1. The highest BCUT2D eigenvalue weighted by atomic mass is 16.3. The Morgan fingerprint density at radius 2 is 1.52 bits per heavy atom. The summed E-state index contributed by atoms with van der Waals surface area (Å²) in [5.74, 6) is 0. The van der Waals surface area contributed by atoms with Crippen molar-refractivity contribution in [2.24, 2.45) is 0 Å². The third kappa shape index (κ3) is 5.09. The number of nitrogens with one attached hydrogen (secondary N) is 1. The van der Waals surface area contributed by atoms with Crippen LogP contribution in [0.5, 0.6) is 0 Å². The van der Waals surface area contributed by atoms with Gasteiger partial charge in [-0.15, -0.1) is 0 Å². The molecule has 0 aliphatic rings. The van der Waals surface area contributed by atoms with Gasteiger partial charge in [0.25, 0.3) is 0 Å². The maximum Gasteiger partial charge on any atom is 0.322 e. The van der Waals surface area contributed by atoms with Gasteiger partial charge >= 0.3 is 6.03 Å². The number of amides is 2. The molecule has 0 aliphatic carbocycles. The summed E-state index contributed by atoms with van der Waals surface area (Å²) in [7, 11) is 0. The number of hydrogen-bond acceptors (Lipinski definition) is 3. The molecule has 0 atom stereocenters. The Hall–Kier alpha value is -2.37. The molecule has 0 fully saturated rings. The number of aliphatic hydroxyl groups excluding tert-OH is 2. The zero-order chi connectivity index (χ0) is 16.5. The molecule has 2 rings (SSSR count). The second kappa shape index (κ2) is 8.92. The Bertz CT molecular complexity index is 611. The lowest BCUT2D eigenvalue weighted by Gasteiger charge is -2.22. The van der Waals surface area contributed by atoms with Crippen molar-refractivity contribution in [3.05, 3.63) is 65.7 Å². The summed E-state index contributed by atoms with van der Waals surface area (Å²) in [4.78, 5) is 13.7. The van der Waals surface area contributed by atoms with Gasteiger partial charge in [-0.1, -0.05) is 48.5 Å². The lowest BCUT2D eigenvalue weighted by atomic mass is 10.0. The second-order valence-electron chi connectivity index (χ2n) is 5.18. The Kier molecular flexibility index (Phi) is 6.59. The first-order valence-electron chi connectivity index (χ1n) is 7.64. The van der Waals surface area contributed by atoms with Crippen LogP contribution in [0.25, 0.3) is 0 Å². The summed E-state index contributed by atoms with van der Waals surface area (Å²) in [6.07, 6.45) is 0.720. The molecule has 0 bridgehead atoms. The van der Waals surface area contributed by atoms with Crippen LogP contribution in [0.1, 0.15) is 11.1 Å². The van der Waals surface area contributed by atoms with Crippen molar-refractivity contribution in [1.82, 2.24) is 4.90 Å². The second-order valence-corrected chi connectivity index (χ2v) is 5.18. The van der Waals surface area contributed by atoms with Gasteiger partial charge in [-0.3, -0.25) is 0 Å². The molecule has 0 aromatic heterocycles. The third-order valence-corrected chi connectivity index (χ3v) is 3.52. The van der Waals surface area contributed by atoms with Gasteiger partial charge in [-0.05, 0) is 23.6 Å². The number of aliphatic hydroxyl groups is 2. The first-order chi connectivity index (χ1) is 11.2. The SMILES string of the molecule is O=C(Nc1ccccc1Cc1ccccc1)N(CCO)CCO. The van der Waals surface area contributed by atoms with E-state index in [1.165, 1.54) is 4.90 Å². The molecule has 122 valence electrons. The van der Waals surface area contributed by atoms with E-state index >= 15 is 0 Å². The molecule has 0 aliphatic heterocycles. The fourth-order valence-corrected chi connectivity index (χ4v) is 2.36. The van der Waals surface area contributed by atoms with Crippen molar-refractivity contribution >= 4 is 11.7 Å². The van der Waals surface area contributed by atoms with Gasteiger partial charge in [0.05, 0.1) is 13.2 Å². The topological polar surface area (TPSA) is 72.8 Å². The summed E-state index contributed by atoms with van der Waals surface area (Å²) in [6, 6.07) is 17.3. The Morgan fingerprint density at radius 3 is 2.17 bits per heavy atom. The first kappa shape index (κ1) is 17.0. The van der Waals surface area contributed by atoms with Gasteiger partial charge in [0, 0.05) is 18.8 Å². The van der Waals surface area contributed by atoms with Gasteiger partial charge in [0.15, 0.2) is 0 Å². The van der Waals surface area contributed by atoms with Gasteiger partial charge in [0.1, 0.15) is 0 Å². The van der Waals surface area contributed by atoms with E-state index in [9.17, 15) is 4.79 Å². The zero-order valence-electron chi connectivity index (χ0n) is 13.0. The molecule has 0 saturated heterocycles. The van der Waals surface area contributed by atoms with E-state index in [-0.39, 0.29) is 32.3 Å². The number of urea groups is 1. The first-order valence-corrected chi connectivity index (χ1v) is 7.64. The highest BCUT2D eigenvalue weighted by Crippen LogP contribution is 2.19. The fourth-order valence-electron chi connectivity index (χ4n) is 2.36. The molecule has 5 heteroatoms. The maximum atomic E-state index is 12.3. The van der Waals surface area contributed by atoms with Gasteiger partial charge in [0.2, 0.25) is 0 Å². The molecular weight excluding hydrogens is 292 g/mol. The standard InChI is InChI=1S/C18H22N2O3/c21-12-10-20(11-13-22)18(23)19-17-9-5-4-8-16(17)14-15-6-2-1-3-7-15/h1-9,21-22H,10-14H2,(H,19,23). The molecule has 0 heterocycles. The van der Waals surface area contributed by atoms with Crippen molar-refractivity contribution in [1.29, 1.82) is 0 Å². The number of carbonyl (C=O) groups is 1. The van der Waals surface area contributed by atoms with E-state index in [2.05, 4.69) is 5.32 Å². The highest BCUT2D eigenvalue weighted by Gasteiger charge is 2.14. The molecule has 2 aromatic carbocycles. The minimum atomic E-state index is -0.325. The van der Waals surface area contributed by atoms with Crippen molar-refractivity contribution in [3.8, 4) is 0 Å². The third-order valence-electron chi connectivity index (χ3n) is 3.52. The van der Waals surface area contributed by atoms with Gasteiger partial charge in [-0.25, -0.2) is 4.79 Å². The normalized spacial score (nSPS) is 10.3. The Labute approximate surface area is 136 Å². The van der Waals surface area contributed by atoms with E-state index in [1.807, 2.05) is 54.6 Å². The molecular formula is C18H22N2O3. The zero-order valence-corrected chi connectivity index (χ0v) is 13.0. The average Bonchev–Trinajstić information content (AvgIpc) is 2.57. The molecule has 23 heavy (non-hydrogen) atoms. The molecule has 0 spiro atoms. The van der Waals surface area contributed by atoms with Crippen molar-refractivity contribution in [2.75, 3.05) is 31.6 Å². The van der Waals surface area contributed by atoms with Crippen LogP contribution >= 0.6 is 0 Å². The highest BCUT2D eigenvalue weighted by molar-refractivity contribution is 5.90. The smallest absolute Gasteiger partial charge is 0.322 e. The molecule has 5 nitrogen and oxygen atoms in total. The summed E-state index contributed by atoms with van der Waals surface area (Å²) in [6.45, 7) is 0.0959. The van der Waals surface area contributed by atoms with Crippen molar-refractivity contribution < 1.29 is 15.0 Å². The molecule has 2 amide bonds. The van der Waals surface area contributed by atoms with E-state index in [0.717, 1.165) is 23.2 Å². The van der Waals surface area contributed by atoms with Crippen LogP contribution < -0.4 is 5.32 Å². The maximum absolute atomic E-state index is 12.3. The van der Waals surface area contributed by atoms with E-state index in [0.29, 0.717) is 0 Å². The summed E-state index contributed by atoms with van der Waals surface area (Å²) in [5, 5.41) is 20.9. The number of rotatable bonds is 7.